The Balaban J connectivity index is 1.78. The molecule has 1 nitrogen and oxygen atoms in total. The lowest BCUT2D eigenvalue weighted by Crippen LogP contribution is -2.31. The van der Waals surface area contributed by atoms with Crippen molar-refractivity contribution >= 4 is 27.3 Å². The second-order valence-corrected chi connectivity index (χ2v) is 8.44. The first-order valence-electron chi connectivity index (χ1n) is 6.44. The number of hydrogen-bond donors (Lipinski definition) is 1. The van der Waals surface area contributed by atoms with Gasteiger partial charge in [0, 0.05) is 17.5 Å². The average molecular weight is 316 g/mol. The molecule has 0 aliphatic heterocycles. The summed E-state index contributed by atoms with van der Waals surface area (Å²) in [5, 5.41) is 3.64. The summed E-state index contributed by atoms with van der Waals surface area (Å²) < 4.78 is 1.29. The minimum Gasteiger partial charge on any atom is -0.313 e. The van der Waals surface area contributed by atoms with E-state index < -0.39 is 0 Å². The van der Waals surface area contributed by atoms with Crippen LogP contribution in [-0.2, 0) is 6.42 Å². The van der Waals surface area contributed by atoms with Crippen LogP contribution in [0.15, 0.2) is 9.85 Å². The van der Waals surface area contributed by atoms with E-state index in [-0.39, 0.29) is 0 Å². The molecule has 0 unspecified atom stereocenters. The molecular weight excluding hydrogens is 294 g/mol. The largest absolute Gasteiger partial charge is 0.313 e. The minimum atomic E-state index is 0.410. The van der Waals surface area contributed by atoms with Gasteiger partial charge in [-0.3, -0.25) is 0 Å². The minimum absolute atomic E-state index is 0.410. The summed E-state index contributed by atoms with van der Waals surface area (Å²) >= 11 is 5.49. The normalized spacial score (nSPS) is 16.5. The molecule has 1 N–H and O–H groups in total. The van der Waals surface area contributed by atoms with E-state index in [0.29, 0.717) is 5.41 Å². The lowest BCUT2D eigenvalue weighted by atomic mass is 9.87. The first kappa shape index (κ1) is 13.6. The summed E-state index contributed by atoms with van der Waals surface area (Å²) in [6, 6.07) is 3.14. The van der Waals surface area contributed by atoms with E-state index in [0.717, 1.165) is 12.6 Å². The van der Waals surface area contributed by atoms with Crippen LogP contribution in [-0.4, -0.2) is 12.6 Å². The van der Waals surface area contributed by atoms with Gasteiger partial charge in [0.2, 0.25) is 0 Å². The lowest BCUT2D eigenvalue weighted by molar-refractivity contribution is 0.314. The van der Waals surface area contributed by atoms with Crippen LogP contribution in [0, 0.1) is 12.3 Å². The van der Waals surface area contributed by atoms with E-state index in [1.54, 1.807) is 0 Å². The molecule has 0 amide bonds. The molecule has 3 heteroatoms. The van der Waals surface area contributed by atoms with Crippen LogP contribution < -0.4 is 5.32 Å². The van der Waals surface area contributed by atoms with E-state index in [1.165, 1.54) is 39.9 Å². The second-order valence-electron chi connectivity index (χ2n) is 5.99. The smallest absolute Gasteiger partial charge is 0.0730 e. The highest BCUT2D eigenvalue weighted by Gasteiger charge is 2.25. The lowest BCUT2D eigenvalue weighted by Gasteiger charge is -2.24. The molecular formula is C14H22BrNS. The third-order valence-electron chi connectivity index (χ3n) is 3.40. The topological polar surface area (TPSA) is 12.0 Å². The van der Waals surface area contributed by atoms with Gasteiger partial charge in [-0.05, 0) is 65.6 Å². The number of rotatable bonds is 6. The van der Waals surface area contributed by atoms with Crippen LogP contribution in [0.25, 0.3) is 0 Å². The molecule has 0 spiro atoms. The van der Waals surface area contributed by atoms with Gasteiger partial charge in [0.1, 0.15) is 0 Å². The Morgan fingerprint density at radius 2 is 2.18 bits per heavy atom. The van der Waals surface area contributed by atoms with E-state index in [1.807, 2.05) is 11.3 Å². The van der Waals surface area contributed by atoms with Crippen molar-refractivity contribution in [2.75, 3.05) is 6.54 Å². The van der Waals surface area contributed by atoms with Crippen LogP contribution in [0.3, 0.4) is 0 Å². The van der Waals surface area contributed by atoms with Crippen molar-refractivity contribution in [3.63, 3.8) is 0 Å². The fourth-order valence-corrected chi connectivity index (χ4v) is 3.53. The second kappa shape index (κ2) is 5.41. The molecule has 0 saturated heterocycles. The van der Waals surface area contributed by atoms with E-state index in [4.69, 9.17) is 0 Å². The van der Waals surface area contributed by atoms with Gasteiger partial charge in [0.15, 0.2) is 0 Å². The quantitative estimate of drug-likeness (QED) is 0.813. The standard InChI is InChI=1S/C14H22BrNS/c1-10-8-12(17-13(10)15)6-7-14(2,3)9-16-11-4-5-11/h8,11,16H,4-7,9H2,1-3H3. The molecule has 2 rings (SSSR count). The zero-order chi connectivity index (χ0) is 12.5. The molecule has 0 radical (unpaired) electrons. The van der Waals surface area contributed by atoms with E-state index in [9.17, 15) is 0 Å². The Labute approximate surface area is 117 Å². The summed E-state index contributed by atoms with van der Waals surface area (Å²) in [7, 11) is 0. The molecule has 1 aliphatic carbocycles. The highest BCUT2D eigenvalue weighted by molar-refractivity contribution is 9.11. The van der Waals surface area contributed by atoms with Crippen LogP contribution in [0.5, 0.6) is 0 Å². The van der Waals surface area contributed by atoms with Crippen molar-refractivity contribution in [2.24, 2.45) is 5.41 Å². The van der Waals surface area contributed by atoms with Gasteiger partial charge in [-0.25, -0.2) is 0 Å². The molecule has 1 aromatic heterocycles. The van der Waals surface area contributed by atoms with Crippen molar-refractivity contribution in [3.8, 4) is 0 Å². The number of nitrogens with one attached hydrogen (secondary N) is 1. The molecule has 0 atom stereocenters. The third-order valence-corrected chi connectivity index (χ3v) is 5.60. The maximum Gasteiger partial charge on any atom is 0.0730 e. The third kappa shape index (κ3) is 4.38. The Bertz CT molecular complexity index is 360. The average Bonchev–Trinajstić information content (AvgIpc) is 3.02. The Morgan fingerprint density at radius 1 is 1.47 bits per heavy atom. The molecule has 1 saturated carbocycles. The summed E-state index contributed by atoms with van der Waals surface area (Å²) in [6.45, 7) is 8.07. The number of thiophene rings is 1. The number of halogens is 1. The van der Waals surface area contributed by atoms with Gasteiger partial charge >= 0.3 is 0 Å². The monoisotopic (exact) mass is 315 g/mol. The molecule has 96 valence electrons. The first-order valence-corrected chi connectivity index (χ1v) is 8.05. The highest BCUT2D eigenvalue weighted by Crippen LogP contribution is 2.31. The summed E-state index contributed by atoms with van der Waals surface area (Å²) in [5.74, 6) is 0. The summed E-state index contributed by atoms with van der Waals surface area (Å²) in [5.41, 5.74) is 1.78. The molecule has 0 bridgehead atoms. The van der Waals surface area contributed by atoms with Crippen LogP contribution in [0.4, 0.5) is 0 Å². The van der Waals surface area contributed by atoms with Gasteiger partial charge in [0.25, 0.3) is 0 Å². The Morgan fingerprint density at radius 3 is 2.71 bits per heavy atom. The first-order chi connectivity index (χ1) is 7.96. The maximum atomic E-state index is 3.64. The van der Waals surface area contributed by atoms with Crippen molar-refractivity contribution < 1.29 is 0 Å². The Kier molecular flexibility index (Phi) is 4.32. The van der Waals surface area contributed by atoms with Gasteiger partial charge < -0.3 is 5.32 Å². The SMILES string of the molecule is Cc1cc(CCC(C)(C)CNC2CC2)sc1Br. The van der Waals surface area contributed by atoms with Crippen molar-refractivity contribution in [3.05, 3.63) is 20.3 Å². The summed E-state index contributed by atoms with van der Waals surface area (Å²) in [4.78, 5) is 1.51. The molecule has 1 aliphatic rings. The number of aryl methyl sites for hydroxylation is 2. The number of hydrogen-bond acceptors (Lipinski definition) is 2. The summed E-state index contributed by atoms with van der Waals surface area (Å²) in [6.07, 6.45) is 5.23. The van der Waals surface area contributed by atoms with Gasteiger partial charge in [-0.2, -0.15) is 0 Å². The molecule has 0 aromatic carbocycles. The van der Waals surface area contributed by atoms with Gasteiger partial charge in [0.05, 0.1) is 3.79 Å². The van der Waals surface area contributed by atoms with Crippen LogP contribution >= 0.6 is 27.3 Å². The van der Waals surface area contributed by atoms with E-state index >= 15 is 0 Å². The zero-order valence-electron chi connectivity index (χ0n) is 11.0. The Hall–Kier alpha value is 0.140. The molecule has 1 fully saturated rings. The molecule has 17 heavy (non-hydrogen) atoms. The predicted molar refractivity (Wildman–Crippen MR) is 79.9 cm³/mol. The van der Waals surface area contributed by atoms with Gasteiger partial charge in [-0.15, -0.1) is 11.3 Å². The van der Waals surface area contributed by atoms with Crippen LogP contribution in [0.2, 0.25) is 0 Å². The fraction of sp³-hybridized carbons (Fsp3) is 0.714. The molecule has 1 heterocycles. The fourth-order valence-electron chi connectivity index (χ4n) is 1.90. The predicted octanol–water partition coefficient (Wildman–Crippen LogP) is 4.53. The molecule has 1 aromatic rings. The van der Waals surface area contributed by atoms with E-state index in [2.05, 4.69) is 48.1 Å². The highest BCUT2D eigenvalue weighted by atomic mass is 79.9. The van der Waals surface area contributed by atoms with Gasteiger partial charge in [-0.1, -0.05) is 13.8 Å². The maximum absolute atomic E-state index is 3.64. The van der Waals surface area contributed by atoms with Crippen LogP contribution in [0.1, 0.15) is 43.6 Å². The van der Waals surface area contributed by atoms with Crippen molar-refractivity contribution in [2.45, 2.75) is 52.5 Å². The van der Waals surface area contributed by atoms with Crippen molar-refractivity contribution in [1.82, 2.24) is 5.32 Å². The zero-order valence-corrected chi connectivity index (χ0v) is 13.4. The van der Waals surface area contributed by atoms with Crippen molar-refractivity contribution in [1.29, 1.82) is 0 Å².